The normalized spacial score (nSPS) is 15.2. The number of aromatic nitrogens is 3. The number of para-hydroxylation sites is 6. The summed E-state index contributed by atoms with van der Waals surface area (Å²) in [4.78, 5) is 13.6. The van der Waals surface area contributed by atoms with Crippen LogP contribution in [-0.2, 0) is 105 Å². The smallest absolute Gasteiger partial charge is 0.0488 e. The van der Waals surface area contributed by atoms with Gasteiger partial charge < -0.3 is 38.2 Å². The van der Waals surface area contributed by atoms with Gasteiger partial charge >= 0.3 is 0 Å². The van der Waals surface area contributed by atoms with Crippen molar-refractivity contribution in [1.82, 2.24) is 23.5 Å². The van der Waals surface area contributed by atoms with Gasteiger partial charge in [-0.1, -0.05) is 182 Å². The van der Waals surface area contributed by atoms with E-state index in [4.69, 9.17) is 0 Å². The quantitative estimate of drug-likeness (QED) is 0.151. The van der Waals surface area contributed by atoms with Crippen LogP contribution < -0.4 is 19.6 Å². The molecule has 0 radical (unpaired) electrons. The lowest BCUT2D eigenvalue weighted by molar-refractivity contribution is 0.353. The van der Waals surface area contributed by atoms with E-state index in [1.54, 1.807) is 50.1 Å². The van der Waals surface area contributed by atoms with Gasteiger partial charge in [0, 0.05) is 175 Å². The van der Waals surface area contributed by atoms with E-state index in [9.17, 15) is 0 Å². The third-order valence-corrected chi connectivity index (χ3v) is 24.5. The Morgan fingerprint density at radius 3 is 1.39 bits per heavy atom. The zero-order chi connectivity index (χ0) is 78.2. The minimum absolute atomic E-state index is 1.02. The molecule has 6 aliphatic heterocycles. The number of hydrogen-bond acceptors (Lipinski definition) is 6. The lowest BCUT2D eigenvalue weighted by Gasteiger charge is -2.29. The third-order valence-electron chi connectivity index (χ3n) is 24.5. The minimum Gasteiger partial charge on any atom is -0.376 e. The molecule has 14 aromatic rings. The molecule has 9 heteroatoms. The molecule has 0 amide bonds. The summed E-state index contributed by atoms with van der Waals surface area (Å²) in [6, 6.07) is 83.1. The third kappa shape index (κ3) is 17.0. The Bertz CT molecular complexity index is 5770. The van der Waals surface area contributed by atoms with E-state index in [1.165, 1.54) is 187 Å². The number of benzene rings is 11. The number of anilines is 5. The van der Waals surface area contributed by atoms with E-state index in [0.717, 1.165) is 45.4 Å². The van der Waals surface area contributed by atoms with Gasteiger partial charge in [-0.2, -0.15) is 0 Å². The van der Waals surface area contributed by atoms with Crippen LogP contribution in [0.15, 0.2) is 274 Å². The van der Waals surface area contributed by atoms with Gasteiger partial charge in [0.05, 0.1) is 0 Å². The van der Waals surface area contributed by atoms with E-state index in [2.05, 4.69) is 398 Å². The first-order valence-corrected chi connectivity index (χ1v) is 41.4. The molecule has 0 atom stereocenters. The maximum Gasteiger partial charge on any atom is 0.0488 e. The van der Waals surface area contributed by atoms with Crippen LogP contribution in [-0.4, -0.2) is 78.9 Å². The molecule has 4 aliphatic carbocycles. The van der Waals surface area contributed by atoms with Crippen LogP contribution in [0.4, 0.5) is 28.4 Å². The Balaban J connectivity index is 0.0000000968. The molecule has 9 heterocycles. The second kappa shape index (κ2) is 34.7. The Morgan fingerprint density at radius 1 is 0.289 bits per heavy atom. The summed E-state index contributed by atoms with van der Waals surface area (Å²) in [5.41, 5.74) is 37.6. The van der Waals surface area contributed by atoms with Gasteiger partial charge in [0.1, 0.15) is 0 Å². The number of fused-ring (bicyclic) bond motifs is 16. The Hall–Kier alpha value is -11.8. The van der Waals surface area contributed by atoms with E-state index >= 15 is 0 Å². The largest absolute Gasteiger partial charge is 0.376 e. The maximum absolute atomic E-state index is 2.45. The molecule has 10 aliphatic rings. The molecule has 576 valence electrons. The molecule has 0 saturated heterocycles. The topological polar surface area (TPSA) is 34.2 Å². The number of aryl methyl sites for hydroxylation is 9. The lowest BCUT2D eigenvalue weighted by atomic mass is 9.96. The summed E-state index contributed by atoms with van der Waals surface area (Å²) in [6.45, 7) is 5.58. The van der Waals surface area contributed by atoms with Crippen molar-refractivity contribution >= 4 is 90.3 Å². The first kappa shape index (κ1) is 76.2. The fourth-order valence-electron chi connectivity index (χ4n) is 18.3. The molecule has 11 aromatic carbocycles. The second-order valence-electron chi connectivity index (χ2n) is 32.5. The number of allylic oxidation sites excluding steroid dienone is 2. The highest BCUT2D eigenvalue weighted by atomic mass is 15.1. The van der Waals surface area contributed by atoms with Gasteiger partial charge in [0.15, 0.2) is 0 Å². The summed E-state index contributed by atoms with van der Waals surface area (Å²) < 4.78 is 6.61. The summed E-state index contributed by atoms with van der Waals surface area (Å²) in [5.74, 6) is 0. The average Bonchev–Trinajstić information content (AvgIpc) is 1.53. The summed E-state index contributed by atoms with van der Waals surface area (Å²) in [7, 11) is 19.1. The minimum atomic E-state index is 1.02. The molecular weight excluding hydrogens is 1390 g/mol. The van der Waals surface area contributed by atoms with Gasteiger partial charge in [0.2, 0.25) is 0 Å². The molecule has 0 bridgehead atoms. The molecule has 0 N–H and O–H groups in total. The van der Waals surface area contributed by atoms with Crippen LogP contribution in [0.1, 0.15) is 114 Å². The Labute approximate surface area is 676 Å². The number of nitrogens with zero attached hydrogens (tertiary/aromatic N) is 9. The zero-order valence-electron chi connectivity index (χ0n) is 68.5. The predicted molar refractivity (Wildman–Crippen MR) is 487 cm³/mol. The van der Waals surface area contributed by atoms with Gasteiger partial charge in [-0.05, 0) is 281 Å². The van der Waals surface area contributed by atoms with E-state index < -0.39 is 0 Å². The van der Waals surface area contributed by atoms with Crippen LogP contribution in [0.3, 0.4) is 0 Å². The van der Waals surface area contributed by atoms with Crippen LogP contribution in [0.2, 0.25) is 0 Å². The average molecular weight is 1500 g/mol. The molecule has 24 rings (SSSR count). The van der Waals surface area contributed by atoms with Crippen molar-refractivity contribution in [3.8, 4) is 0 Å². The molecule has 0 unspecified atom stereocenters. The molecule has 0 spiro atoms. The van der Waals surface area contributed by atoms with E-state index in [1.807, 2.05) is 0 Å². The van der Waals surface area contributed by atoms with Gasteiger partial charge in [-0.3, -0.25) is 4.90 Å². The predicted octanol–water partition coefficient (Wildman–Crippen LogP) is 22.8. The van der Waals surface area contributed by atoms with Gasteiger partial charge in [-0.15, -0.1) is 0 Å². The van der Waals surface area contributed by atoms with Gasteiger partial charge in [-0.25, -0.2) is 0 Å². The molecule has 9 nitrogen and oxygen atoms in total. The fraction of sp³-hybridized carbons (Fsp3) is 0.257. The van der Waals surface area contributed by atoms with Crippen molar-refractivity contribution in [1.29, 1.82) is 0 Å². The summed E-state index contributed by atoms with van der Waals surface area (Å²) in [6.07, 6.45) is 37.9. The second-order valence-corrected chi connectivity index (χ2v) is 32.5. The highest BCUT2D eigenvalue weighted by Crippen LogP contribution is 2.39. The number of rotatable bonds is 0. The highest BCUT2D eigenvalue weighted by molar-refractivity contribution is 6.08. The first-order valence-electron chi connectivity index (χ1n) is 41.4. The molecular formula is C105H111N9. The maximum atomic E-state index is 2.45. The molecule has 0 fully saturated rings. The molecule has 114 heavy (non-hydrogen) atoms. The van der Waals surface area contributed by atoms with Crippen LogP contribution in [0.25, 0.3) is 61.8 Å². The standard InChI is InChI=1S/C14H13N.C13H11N.2C12H15N.C12H13N.C12H11N.3C10H11N/c1-15-13-8-4-2-6-11(13)10-12-7-3-5-9-14(12)15;1-14-12-8-4-2-6-10(12)11-7-3-5-9-13(11)14;1-13-7-11-5-9-3-2-4-10(9)6-12(11)8-13;3*1-13-6-5-11-7-9-3-2-4-10(9)8-12(11)13;2*1-11-8-4-6-9-5-2-3-7-10(9)11;1-11-7-6-9-4-2-3-5-10(9)8-11/h2-9H,10H2,1H3;2-9H,1H3;5-6H,2-4,7-8H2,1H3;7-8H,2-6H2,1H3;5-8H,2-4H2,1H3;2,4-8H,3H2,1H3;2-5,7-8H,6H2,1H3;2*2-7H,8H2,1H3. The SMILES string of the molecule is CN1C=CCc2ccccc21.CN1C=Cc2ccccc2C1.CN1CC=Cc2ccccc21.CN1CCc2cc3c(cc21)CCC3.CN1Cc2cc3c(cc2C1)CCC3.CN1c2ccccc2Cc2ccccc21.Cn1c2ccccc2c2ccccc21.Cn1ccc2cc3c(cc21)C=CC3.Cn1ccc2cc3c(cc21)CCC3. The Morgan fingerprint density at radius 2 is 0.772 bits per heavy atom. The first-order chi connectivity index (χ1) is 55.7. The summed E-state index contributed by atoms with van der Waals surface area (Å²) in [5, 5.41) is 5.42. The van der Waals surface area contributed by atoms with E-state index in [-0.39, 0.29) is 0 Å². The summed E-state index contributed by atoms with van der Waals surface area (Å²) >= 11 is 0. The highest BCUT2D eigenvalue weighted by Gasteiger charge is 2.24. The van der Waals surface area contributed by atoms with Crippen LogP contribution >= 0.6 is 0 Å². The zero-order valence-corrected chi connectivity index (χ0v) is 68.5. The monoisotopic (exact) mass is 1500 g/mol. The number of likely N-dealkylation sites (N-methyl/N-ethyl adjacent to an activating group) is 2. The van der Waals surface area contributed by atoms with Crippen molar-refractivity contribution < 1.29 is 0 Å². The molecule has 0 saturated carbocycles. The van der Waals surface area contributed by atoms with Crippen molar-refractivity contribution in [2.45, 2.75) is 103 Å². The van der Waals surface area contributed by atoms with Crippen molar-refractivity contribution in [2.75, 3.05) is 75.0 Å². The van der Waals surface area contributed by atoms with Crippen molar-refractivity contribution in [2.24, 2.45) is 21.1 Å². The Kier molecular flexibility index (Phi) is 23.2. The van der Waals surface area contributed by atoms with Gasteiger partial charge in [0.25, 0.3) is 0 Å². The number of hydrogen-bond donors (Lipinski definition) is 0. The molecule has 3 aromatic heterocycles. The van der Waals surface area contributed by atoms with Crippen LogP contribution in [0, 0.1) is 0 Å². The van der Waals surface area contributed by atoms with Crippen molar-refractivity contribution in [3.05, 3.63) is 368 Å². The lowest BCUT2D eigenvalue weighted by Crippen LogP contribution is -2.19. The van der Waals surface area contributed by atoms with Crippen molar-refractivity contribution in [3.63, 3.8) is 0 Å². The van der Waals surface area contributed by atoms with Crippen LogP contribution in [0.5, 0.6) is 0 Å². The fourth-order valence-corrected chi connectivity index (χ4v) is 18.3. The van der Waals surface area contributed by atoms with E-state index in [0.29, 0.717) is 0 Å².